The number of nitrogens with zero attached hydrogens (tertiary/aromatic N) is 1. The fraction of sp³-hybridized carbons (Fsp3) is 0.250. The number of anilines is 1. The third-order valence-corrected chi connectivity index (χ3v) is 4.00. The van der Waals surface area contributed by atoms with Crippen LogP contribution < -0.4 is 10.5 Å². The van der Waals surface area contributed by atoms with Gasteiger partial charge in [0.1, 0.15) is 5.75 Å². The molecule has 17 heavy (non-hydrogen) atoms. The van der Waals surface area contributed by atoms with Gasteiger partial charge in [-0.15, -0.1) is 11.3 Å². The summed E-state index contributed by atoms with van der Waals surface area (Å²) in [5.74, 6) is 0.821. The summed E-state index contributed by atoms with van der Waals surface area (Å²) in [6.07, 6.45) is 0.882. The number of rotatable bonds is 4. The van der Waals surface area contributed by atoms with E-state index in [1.54, 1.807) is 11.3 Å². The molecule has 0 bridgehead atoms. The monoisotopic (exact) mass is 312 g/mol. The zero-order valence-corrected chi connectivity index (χ0v) is 11.8. The molecule has 0 fully saturated rings. The minimum Gasteiger partial charge on any atom is -0.492 e. The van der Waals surface area contributed by atoms with Gasteiger partial charge in [-0.1, -0.05) is 0 Å². The van der Waals surface area contributed by atoms with Gasteiger partial charge in [-0.05, 0) is 41.1 Å². The topological polar surface area (TPSA) is 48.1 Å². The number of nitrogen functional groups attached to an aromatic ring is 1. The molecule has 1 heterocycles. The highest BCUT2D eigenvalue weighted by Gasteiger charge is 2.04. The predicted octanol–water partition coefficient (Wildman–Crippen LogP) is 3.42. The fourth-order valence-corrected chi connectivity index (χ4v) is 2.73. The van der Waals surface area contributed by atoms with Crippen molar-refractivity contribution in [2.75, 3.05) is 12.3 Å². The number of thiazole rings is 1. The number of hydrogen-bond acceptors (Lipinski definition) is 4. The molecule has 90 valence electrons. The molecule has 0 atom stereocenters. The zero-order chi connectivity index (χ0) is 12.3. The first kappa shape index (κ1) is 12.4. The largest absolute Gasteiger partial charge is 0.492 e. The van der Waals surface area contributed by atoms with Gasteiger partial charge in [0.25, 0.3) is 0 Å². The molecule has 0 aliphatic heterocycles. The lowest BCUT2D eigenvalue weighted by Crippen LogP contribution is -2.02. The summed E-state index contributed by atoms with van der Waals surface area (Å²) in [4.78, 5) is 5.48. The molecule has 0 spiro atoms. The highest BCUT2D eigenvalue weighted by atomic mass is 79.9. The Balaban J connectivity index is 1.92. The van der Waals surface area contributed by atoms with Crippen molar-refractivity contribution in [3.63, 3.8) is 0 Å². The average Bonchev–Trinajstić information content (AvgIpc) is 2.68. The van der Waals surface area contributed by atoms with Crippen molar-refractivity contribution in [2.24, 2.45) is 0 Å². The minimum atomic E-state index is 0.644. The Hall–Kier alpha value is -1.07. The Morgan fingerprint density at radius 3 is 2.94 bits per heavy atom. The summed E-state index contributed by atoms with van der Waals surface area (Å²) >= 11 is 5.09. The van der Waals surface area contributed by atoms with E-state index < -0.39 is 0 Å². The molecular formula is C12H13BrN2OS. The summed E-state index contributed by atoms with van der Waals surface area (Å²) in [6, 6.07) is 5.55. The van der Waals surface area contributed by atoms with Gasteiger partial charge in [-0.2, -0.15) is 0 Å². The quantitative estimate of drug-likeness (QED) is 0.880. The maximum Gasteiger partial charge on any atom is 0.133 e. The van der Waals surface area contributed by atoms with Crippen LogP contribution in [0.25, 0.3) is 0 Å². The van der Waals surface area contributed by atoms with Crippen LogP contribution in [-0.2, 0) is 6.42 Å². The lowest BCUT2D eigenvalue weighted by Gasteiger charge is -2.08. The van der Waals surface area contributed by atoms with Gasteiger partial charge in [-0.25, -0.2) is 4.98 Å². The van der Waals surface area contributed by atoms with E-state index in [1.165, 1.54) is 4.88 Å². The van der Waals surface area contributed by atoms with Crippen LogP contribution in [0.15, 0.2) is 28.2 Å². The minimum absolute atomic E-state index is 0.644. The number of ether oxygens (including phenoxy) is 1. The SMILES string of the molecule is Cc1ncsc1CCOc1ccc(N)cc1Br. The highest BCUT2D eigenvalue weighted by molar-refractivity contribution is 9.10. The van der Waals surface area contributed by atoms with Gasteiger partial charge in [0, 0.05) is 17.0 Å². The average molecular weight is 313 g/mol. The maximum atomic E-state index is 5.70. The van der Waals surface area contributed by atoms with Crippen molar-refractivity contribution >= 4 is 33.0 Å². The normalized spacial score (nSPS) is 10.5. The number of hydrogen-bond donors (Lipinski definition) is 1. The van der Waals surface area contributed by atoms with Crippen molar-refractivity contribution in [1.29, 1.82) is 0 Å². The molecule has 2 aromatic rings. The third kappa shape index (κ3) is 3.20. The standard InChI is InChI=1S/C12H13BrN2OS/c1-8-12(17-7-15-8)4-5-16-11-3-2-9(14)6-10(11)13/h2-3,6-7H,4-5,14H2,1H3. The molecule has 1 aromatic carbocycles. The maximum absolute atomic E-state index is 5.70. The van der Waals surface area contributed by atoms with Gasteiger partial charge in [-0.3, -0.25) is 0 Å². The third-order valence-electron chi connectivity index (χ3n) is 2.39. The molecule has 5 heteroatoms. The van der Waals surface area contributed by atoms with E-state index in [1.807, 2.05) is 30.6 Å². The van der Waals surface area contributed by atoms with E-state index in [2.05, 4.69) is 20.9 Å². The molecule has 3 nitrogen and oxygen atoms in total. The molecule has 0 aliphatic carbocycles. The highest BCUT2D eigenvalue weighted by Crippen LogP contribution is 2.27. The van der Waals surface area contributed by atoms with Crippen molar-refractivity contribution in [2.45, 2.75) is 13.3 Å². The van der Waals surface area contributed by atoms with Crippen LogP contribution >= 0.6 is 27.3 Å². The first-order valence-corrected chi connectivity index (χ1v) is 6.91. The van der Waals surface area contributed by atoms with Gasteiger partial charge in [0.15, 0.2) is 0 Å². The Kier molecular flexibility index (Phi) is 4.02. The Morgan fingerprint density at radius 1 is 1.47 bits per heavy atom. The van der Waals surface area contributed by atoms with Crippen molar-refractivity contribution in [3.05, 3.63) is 38.8 Å². The molecule has 2 rings (SSSR count). The predicted molar refractivity (Wildman–Crippen MR) is 74.6 cm³/mol. The Morgan fingerprint density at radius 2 is 2.29 bits per heavy atom. The molecule has 0 saturated heterocycles. The first-order valence-electron chi connectivity index (χ1n) is 5.23. The first-order chi connectivity index (χ1) is 8.16. The molecule has 1 aromatic heterocycles. The molecule has 0 saturated carbocycles. The van der Waals surface area contributed by atoms with E-state index >= 15 is 0 Å². The van der Waals surface area contributed by atoms with Gasteiger partial charge in [0.05, 0.1) is 22.3 Å². The second kappa shape index (κ2) is 5.51. The second-order valence-electron chi connectivity index (χ2n) is 3.65. The zero-order valence-electron chi connectivity index (χ0n) is 9.44. The molecular weight excluding hydrogens is 300 g/mol. The summed E-state index contributed by atoms with van der Waals surface area (Å²) in [6.45, 7) is 2.66. The summed E-state index contributed by atoms with van der Waals surface area (Å²) < 4.78 is 6.58. The fourth-order valence-electron chi connectivity index (χ4n) is 1.45. The molecule has 0 amide bonds. The number of halogens is 1. The lowest BCUT2D eigenvalue weighted by molar-refractivity contribution is 0.321. The Bertz CT molecular complexity index is 513. The summed E-state index contributed by atoms with van der Waals surface area (Å²) in [7, 11) is 0. The van der Waals surface area contributed by atoms with Crippen LogP contribution in [0.1, 0.15) is 10.6 Å². The van der Waals surface area contributed by atoms with Crippen LogP contribution in [-0.4, -0.2) is 11.6 Å². The molecule has 0 radical (unpaired) electrons. The van der Waals surface area contributed by atoms with E-state index in [-0.39, 0.29) is 0 Å². The van der Waals surface area contributed by atoms with Crippen molar-refractivity contribution in [1.82, 2.24) is 4.98 Å². The Labute approximate surface area is 113 Å². The van der Waals surface area contributed by atoms with Crippen molar-refractivity contribution in [3.8, 4) is 5.75 Å². The molecule has 2 N–H and O–H groups in total. The van der Waals surface area contributed by atoms with E-state index in [4.69, 9.17) is 10.5 Å². The smallest absolute Gasteiger partial charge is 0.133 e. The number of benzene rings is 1. The van der Waals surface area contributed by atoms with Crippen molar-refractivity contribution < 1.29 is 4.74 Å². The lowest BCUT2D eigenvalue weighted by atomic mass is 10.3. The van der Waals surface area contributed by atoms with Crippen LogP contribution in [0.3, 0.4) is 0 Å². The van der Waals surface area contributed by atoms with Crippen LogP contribution in [0.2, 0.25) is 0 Å². The van der Waals surface area contributed by atoms with Crippen LogP contribution in [0.5, 0.6) is 5.75 Å². The molecule has 0 aliphatic rings. The van der Waals surface area contributed by atoms with E-state index in [0.29, 0.717) is 6.61 Å². The summed E-state index contributed by atoms with van der Waals surface area (Å²) in [5, 5.41) is 0. The molecule has 0 unspecified atom stereocenters. The van der Waals surface area contributed by atoms with E-state index in [9.17, 15) is 0 Å². The number of nitrogens with two attached hydrogens (primary N) is 1. The number of aromatic nitrogens is 1. The van der Waals surface area contributed by atoms with Crippen LogP contribution in [0.4, 0.5) is 5.69 Å². The summed E-state index contributed by atoms with van der Waals surface area (Å²) in [5.41, 5.74) is 9.34. The van der Waals surface area contributed by atoms with Crippen LogP contribution in [0, 0.1) is 6.92 Å². The second-order valence-corrected chi connectivity index (χ2v) is 5.44. The van der Waals surface area contributed by atoms with Gasteiger partial charge in [0.2, 0.25) is 0 Å². The van der Waals surface area contributed by atoms with Gasteiger partial charge < -0.3 is 10.5 Å². The van der Waals surface area contributed by atoms with Gasteiger partial charge >= 0.3 is 0 Å². The van der Waals surface area contributed by atoms with E-state index in [0.717, 1.165) is 28.0 Å². The number of aryl methyl sites for hydroxylation is 1.